The molecule has 6 heteroatoms. The maximum atomic E-state index is 14.1. The second-order valence-electron chi connectivity index (χ2n) is 6.16. The van der Waals surface area contributed by atoms with E-state index in [-0.39, 0.29) is 24.4 Å². The SMILES string of the molecule is COCc1ccc(C(=O)N2C[C@H](O)C[C@H]2c2cc(F)ccc2F)cc1. The van der Waals surface area contributed by atoms with E-state index in [0.717, 1.165) is 23.8 Å². The van der Waals surface area contributed by atoms with E-state index in [1.807, 2.05) is 0 Å². The zero-order valence-electron chi connectivity index (χ0n) is 13.8. The molecule has 1 N–H and O–H groups in total. The number of amides is 1. The normalized spacial score (nSPS) is 20.1. The van der Waals surface area contributed by atoms with Crippen molar-refractivity contribution in [1.29, 1.82) is 0 Å². The largest absolute Gasteiger partial charge is 0.391 e. The zero-order chi connectivity index (χ0) is 18.0. The molecule has 2 atom stereocenters. The fraction of sp³-hybridized carbons (Fsp3) is 0.316. The highest BCUT2D eigenvalue weighted by Gasteiger charge is 2.37. The molecule has 0 aliphatic carbocycles. The molecule has 0 radical (unpaired) electrons. The fourth-order valence-electron chi connectivity index (χ4n) is 3.18. The van der Waals surface area contributed by atoms with Crippen LogP contribution >= 0.6 is 0 Å². The van der Waals surface area contributed by atoms with Gasteiger partial charge < -0.3 is 14.7 Å². The Hall–Kier alpha value is -2.31. The number of likely N-dealkylation sites (tertiary alicyclic amines) is 1. The van der Waals surface area contributed by atoms with E-state index in [1.165, 1.54) is 4.90 Å². The Labute approximate surface area is 144 Å². The van der Waals surface area contributed by atoms with E-state index in [9.17, 15) is 18.7 Å². The highest BCUT2D eigenvalue weighted by Crippen LogP contribution is 2.35. The number of aliphatic hydroxyl groups excluding tert-OH is 1. The van der Waals surface area contributed by atoms with Gasteiger partial charge in [-0.3, -0.25) is 4.79 Å². The number of aliphatic hydroxyl groups is 1. The van der Waals surface area contributed by atoms with Crippen molar-refractivity contribution in [2.24, 2.45) is 0 Å². The molecule has 0 bridgehead atoms. The number of hydrogen-bond acceptors (Lipinski definition) is 3. The van der Waals surface area contributed by atoms with Crippen LogP contribution < -0.4 is 0 Å². The lowest BCUT2D eigenvalue weighted by Gasteiger charge is -2.25. The van der Waals surface area contributed by atoms with Gasteiger partial charge in [-0.05, 0) is 42.3 Å². The van der Waals surface area contributed by atoms with E-state index in [4.69, 9.17) is 4.74 Å². The molecular formula is C19H19F2NO3. The van der Waals surface area contributed by atoms with Crippen LogP contribution in [0.25, 0.3) is 0 Å². The summed E-state index contributed by atoms with van der Waals surface area (Å²) in [5.74, 6) is -1.49. The number of rotatable bonds is 4. The average molecular weight is 347 g/mol. The number of carbonyl (C=O) groups excluding carboxylic acids is 1. The van der Waals surface area contributed by atoms with Crippen molar-refractivity contribution in [3.05, 3.63) is 70.8 Å². The summed E-state index contributed by atoms with van der Waals surface area (Å²) < 4.78 is 32.7. The summed E-state index contributed by atoms with van der Waals surface area (Å²) in [7, 11) is 1.59. The highest BCUT2D eigenvalue weighted by atomic mass is 19.1. The summed E-state index contributed by atoms with van der Waals surface area (Å²) in [4.78, 5) is 14.2. The van der Waals surface area contributed by atoms with Gasteiger partial charge in [-0.1, -0.05) is 12.1 Å². The second kappa shape index (κ2) is 7.29. The maximum absolute atomic E-state index is 14.1. The van der Waals surface area contributed by atoms with Crippen molar-refractivity contribution in [1.82, 2.24) is 4.90 Å². The molecule has 2 aromatic carbocycles. The number of carbonyl (C=O) groups is 1. The minimum absolute atomic E-state index is 0.0826. The standard InChI is InChI=1S/C19H19F2NO3/c1-25-11-12-2-4-13(5-3-12)19(24)22-10-15(23)9-18(22)16-8-14(20)6-7-17(16)21/h2-8,15,18,23H,9-11H2,1H3/t15-,18+/m1/s1. The predicted octanol–water partition coefficient (Wildman–Crippen LogP) is 3.06. The van der Waals surface area contributed by atoms with Crippen molar-refractivity contribution in [2.75, 3.05) is 13.7 Å². The van der Waals surface area contributed by atoms with Gasteiger partial charge in [-0.2, -0.15) is 0 Å². The first-order valence-electron chi connectivity index (χ1n) is 8.01. The van der Waals surface area contributed by atoms with Gasteiger partial charge in [0.25, 0.3) is 5.91 Å². The smallest absolute Gasteiger partial charge is 0.254 e. The lowest BCUT2D eigenvalue weighted by molar-refractivity contribution is 0.0713. The molecule has 132 valence electrons. The zero-order valence-corrected chi connectivity index (χ0v) is 13.8. The Morgan fingerprint density at radius 1 is 1.24 bits per heavy atom. The third kappa shape index (κ3) is 3.70. The van der Waals surface area contributed by atoms with E-state index < -0.39 is 23.8 Å². The van der Waals surface area contributed by atoms with Crippen LogP contribution in [0.3, 0.4) is 0 Å². The molecule has 3 rings (SSSR count). The first kappa shape index (κ1) is 17.5. The number of nitrogens with zero attached hydrogens (tertiary/aromatic N) is 1. The number of halogens is 2. The Balaban J connectivity index is 1.88. The molecule has 1 aliphatic rings. The van der Waals surface area contributed by atoms with Crippen molar-refractivity contribution in [3.8, 4) is 0 Å². The lowest BCUT2D eigenvalue weighted by Crippen LogP contribution is -2.32. The molecule has 0 unspecified atom stereocenters. The number of β-amino-alcohol motifs (C(OH)–C–C–N with tert-alkyl or cyclic N) is 1. The van der Waals surface area contributed by atoms with Crippen LogP contribution in [0.2, 0.25) is 0 Å². The number of hydrogen-bond donors (Lipinski definition) is 1. The first-order chi connectivity index (χ1) is 12.0. The average Bonchev–Trinajstić information content (AvgIpc) is 2.99. The molecule has 1 aliphatic heterocycles. The third-order valence-corrected chi connectivity index (χ3v) is 4.37. The summed E-state index contributed by atoms with van der Waals surface area (Å²) in [6.07, 6.45) is -0.599. The first-order valence-corrected chi connectivity index (χ1v) is 8.01. The molecule has 1 heterocycles. The third-order valence-electron chi connectivity index (χ3n) is 4.37. The molecule has 1 saturated heterocycles. The molecule has 25 heavy (non-hydrogen) atoms. The Morgan fingerprint density at radius 2 is 1.96 bits per heavy atom. The Kier molecular flexibility index (Phi) is 5.11. The number of methoxy groups -OCH3 is 1. The Bertz CT molecular complexity index is 764. The van der Waals surface area contributed by atoms with Gasteiger partial charge in [-0.15, -0.1) is 0 Å². The Morgan fingerprint density at radius 3 is 2.64 bits per heavy atom. The topological polar surface area (TPSA) is 49.8 Å². The van der Waals surface area contributed by atoms with Crippen LogP contribution in [0.4, 0.5) is 8.78 Å². The van der Waals surface area contributed by atoms with Crippen molar-refractivity contribution in [3.63, 3.8) is 0 Å². The molecule has 0 saturated carbocycles. The molecular weight excluding hydrogens is 328 g/mol. The number of benzene rings is 2. The van der Waals surface area contributed by atoms with Gasteiger partial charge in [0.1, 0.15) is 11.6 Å². The van der Waals surface area contributed by atoms with Crippen molar-refractivity contribution in [2.45, 2.75) is 25.2 Å². The van der Waals surface area contributed by atoms with Gasteiger partial charge in [-0.25, -0.2) is 8.78 Å². The van der Waals surface area contributed by atoms with Crippen molar-refractivity contribution >= 4 is 5.91 Å². The van der Waals surface area contributed by atoms with E-state index in [0.29, 0.717) is 12.2 Å². The number of ether oxygens (including phenoxy) is 1. The van der Waals surface area contributed by atoms with Crippen LogP contribution in [-0.4, -0.2) is 35.7 Å². The molecule has 1 fully saturated rings. The van der Waals surface area contributed by atoms with Crippen LogP contribution in [0.5, 0.6) is 0 Å². The van der Waals surface area contributed by atoms with Crippen LogP contribution in [0, 0.1) is 11.6 Å². The quantitative estimate of drug-likeness (QED) is 0.925. The van der Waals surface area contributed by atoms with Gasteiger partial charge in [0.15, 0.2) is 0 Å². The lowest BCUT2D eigenvalue weighted by atomic mass is 10.0. The van der Waals surface area contributed by atoms with Crippen LogP contribution in [-0.2, 0) is 11.3 Å². The van der Waals surface area contributed by atoms with E-state index in [2.05, 4.69) is 0 Å². The summed E-state index contributed by atoms with van der Waals surface area (Å²) in [5.41, 5.74) is 1.44. The summed E-state index contributed by atoms with van der Waals surface area (Å²) >= 11 is 0. The molecule has 0 spiro atoms. The monoisotopic (exact) mass is 347 g/mol. The van der Waals surface area contributed by atoms with Crippen LogP contribution in [0.15, 0.2) is 42.5 Å². The highest BCUT2D eigenvalue weighted by molar-refractivity contribution is 5.94. The van der Waals surface area contributed by atoms with Gasteiger partial charge in [0.2, 0.25) is 0 Å². The molecule has 2 aromatic rings. The van der Waals surface area contributed by atoms with Gasteiger partial charge >= 0.3 is 0 Å². The summed E-state index contributed by atoms with van der Waals surface area (Å²) in [5, 5.41) is 9.97. The van der Waals surface area contributed by atoms with Gasteiger partial charge in [0, 0.05) is 24.8 Å². The summed E-state index contributed by atoms with van der Waals surface area (Å²) in [6, 6.07) is 9.35. The molecule has 4 nitrogen and oxygen atoms in total. The van der Waals surface area contributed by atoms with E-state index >= 15 is 0 Å². The fourth-order valence-corrected chi connectivity index (χ4v) is 3.18. The molecule has 0 aromatic heterocycles. The summed E-state index contributed by atoms with van der Waals surface area (Å²) in [6.45, 7) is 0.521. The predicted molar refractivity (Wildman–Crippen MR) is 87.9 cm³/mol. The molecule has 1 amide bonds. The maximum Gasteiger partial charge on any atom is 0.254 e. The van der Waals surface area contributed by atoms with Crippen LogP contribution in [0.1, 0.15) is 33.9 Å². The van der Waals surface area contributed by atoms with Gasteiger partial charge in [0.05, 0.1) is 18.8 Å². The van der Waals surface area contributed by atoms with E-state index in [1.54, 1.807) is 31.4 Å². The minimum atomic E-state index is -0.774. The van der Waals surface area contributed by atoms with Crippen molar-refractivity contribution < 1.29 is 23.4 Å². The minimum Gasteiger partial charge on any atom is -0.391 e. The second-order valence-corrected chi connectivity index (χ2v) is 6.16.